The molecular formula is C26H31NO5S2. The number of benzene rings is 1. The second-order valence-electron chi connectivity index (χ2n) is 9.94. The summed E-state index contributed by atoms with van der Waals surface area (Å²) in [4.78, 5) is 15.8. The first kappa shape index (κ1) is 24.8. The zero-order valence-electron chi connectivity index (χ0n) is 20.2. The number of carbonyl (C=O) groups excluding carboxylic acids is 1. The largest absolute Gasteiger partial charge is 0.462 e. The molecule has 0 N–H and O–H groups in total. The fourth-order valence-corrected chi connectivity index (χ4v) is 7.51. The highest BCUT2D eigenvalue weighted by molar-refractivity contribution is 7.93. The molecule has 34 heavy (non-hydrogen) atoms. The van der Waals surface area contributed by atoms with Gasteiger partial charge in [0.2, 0.25) is 14.2 Å². The van der Waals surface area contributed by atoms with E-state index in [9.17, 15) is 13.2 Å². The summed E-state index contributed by atoms with van der Waals surface area (Å²) in [6, 6.07) is 7.41. The van der Waals surface area contributed by atoms with Crippen molar-refractivity contribution in [3.8, 4) is 0 Å². The molecule has 0 saturated heterocycles. The number of carbonyl (C=O) groups is 1. The first-order valence-corrected chi connectivity index (χ1v) is 13.9. The van der Waals surface area contributed by atoms with Crippen molar-refractivity contribution in [1.82, 2.24) is 4.98 Å². The fraction of sp³-hybridized carbons (Fsp3) is 0.462. The Kier molecular flexibility index (Phi) is 6.61. The first-order valence-electron chi connectivity index (χ1n) is 11.4. The van der Waals surface area contributed by atoms with Crippen LogP contribution in [0.3, 0.4) is 0 Å². The van der Waals surface area contributed by atoms with Crippen molar-refractivity contribution in [2.24, 2.45) is 5.41 Å². The van der Waals surface area contributed by atoms with Gasteiger partial charge < -0.3 is 9.47 Å². The minimum Gasteiger partial charge on any atom is -0.462 e. The van der Waals surface area contributed by atoms with E-state index < -0.39 is 15.4 Å². The summed E-state index contributed by atoms with van der Waals surface area (Å²) in [7, 11) is -3.49. The summed E-state index contributed by atoms with van der Waals surface area (Å²) < 4.78 is 38.4. The second kappa shape index (κ2) is 9.06. The average molecular weight is 502 g/mol. The van der Waals surface area contributed by atoms with Gasteiger partial charge in [0.25, 0.3) is 0 Å². The van der Waals surface area contributed by atoms with Gasteiger partial charge in [-0.1, -0.05) is 44.2 Å². The van der Waals surface area contributed by atoms with Gasteiger partial charge >= 0.3 is 5.97 Å². The predicted molar refractivity (Wildman–Crippen MR) is 134 cm³/mol. The lowest BCUT2D eigenvalue weighted by Crippen LogP contribution is -2.46. The Morgan fingerprint density at radius 1 is 1.24 bits per heavy atom. The highest BCUT2D eigenvalue weighted by atomic mass is 32.2. The van der Waals surface area contributed by atoms with Crippen LogP contribution in [0.1, 0.15) is 47.5 Å². The van der Waals surface area contributed by atoms with Gasteiger partial charge in [0, 0.05) is 13.3 Å². The van der Waals surface area contributed by atoms with Crippen LogP contribution in [0.15, 0.2) is 64.1 Å². The number of hydrogen-bond acceptors (Lipinski definition) is 7. The third kappa shape index (κ3) is 5.04. The number of thiazole rings is 1. The summed E-state index contributed by atoms with van der Waals surface area (Å²) in [5, 5.41) is 0. The molecule has 1 fully saturated rings. The number of aromatic nitrogens is 1. The Bertz CT molecular complexity index is 1270. The third-order valence-electron chi connectivity index (χ3n) is 6.49. The van der Waals surface area contributed by atoms with Crippen molar-refractivity contribution in [2.45, 2.75) is 69.6 Å². The smallest absolute Gasteiger partial charge is 0.302 e. The van der Waals surface area contributed by atoms with E-state index in [1.165, 1.54) is 23.8 Å². The van der Waals surface area contributed by atoms with Crippen molar-refractivity contribution in [2.75, 3.05) is 5.75 Å². The van der Waals surface area contributed by atoms with E-state index in [4.69, 9.17) is 9.47 Å². The second-order valence-corrected chi connectivity index (χ2v) is 13.2. The van der Waals surface area contributed by atoms with E-state index in [0.29, 0.717) is 11.9 Å². The molecule has 2 aliphatic rings. The fourth-order valence-electron chi connectivity index (χ4n) is 5.09. The number of allylic oxidation sites excluding steroid dienone is 2. The van der Waals surface area contributed by atoms with Gasteiger partial charge in [0.15, 0.2) is 0 Å². The molecule has 0 amide bonds. The molecule has 1 aromatic carbocycles. The Hall–Kier alpha value is -2.29. The van der Waals surface area contributed by atoms with Crippen LogP contribution in [0.4, 0.5) is 0 Å². The van der Waals surface area contributed by atoms with E-state index >= 15 is 0 Å². The van der Waals surface area contributed by atoms with E-state index in [1.54, 1.807) is 12.2 Å². The van der Waals surface area contributed by atoms with Crippen molar-refractivity contribution < 1.29 is 22.7 Å². The molecule has 4 rings (SSSR count). The highest BCUT2D eigenvalue weighted by Gasteiger charge is 2.51. The van der Waals surface area contributed by atoms with Crippen LogP contribution in [-0.4, -0.2) is 42.9 Å². The van der Waals surface area contributed by atoms with Crippen LogP contribution >= 0.6 is 11.3 Å². The van der Waals surface area contributed by atoms with Gasteiger partial charge in [-0.15, -0.1) is 11.3 Å². The molecule has 2 aromatic rings. The molecule has 3 atom stereocenters. The predicted octanol–water partition coefficient (Wildman–Crippen LogP) is 5.41. The summed E-state index contributed by atoms with van der Waals surface area (Å²) in [5.74, 6) is -0.383. The third-order valence-corrected chi connectivity index (χ3v) is 9.59. The molecule has 1 aromatic heterocycles. The number of hydrogen-bond donors (Lipinski definition) is 0. The summed E-state index contributed by atoms with van der Waals surface area (Å²) in [5.41, 5.74) is 2.26. The number of para-hydroxylation sites is 1. The lowest BCUT2D eigenvalue weighted by Gasteiger charge is -2.45. The zero-order valence-corrected chi connectivity index (χ0v) is 21.8. The molecule has 6 nitrogen and oxygen atoms in total. The number of rotatable bonds is 6. The lowest BCUT2D eigenvalue weighted by molar-refractivity contribution is -0.154. The minimum atomic E-state index is -3.49. The van der Waals surface area contributed by atoms with Gasteiger partial charge in [-0.25, -0.2) is 13.4 Å². The first-order chi connectivity index (χ1) is 15.9. The zero-order chi connectivity index (χ0) is 24.7. The van der Waals surface area contributed by atoms with E-state index in [0.717, 1.165) is 16.7 Å². The van der Waals surface area contributed by atoms with E-state index in [1.807, 2.05) is 37.3 Å². The standard InChI is InChI=1S/C26H31NO5S2/c1-17(10-8-9-13-34(29,30)24-27-20-11-6-7-12-22(20)33-24)21-14-23-25(3,4)15-19(31-18(2)28)16-26(23,5)32-21/h6-12,14,19,21H,13,15-16H2,1-5H3/b9-8+,17-10+/t19-,21+,26+/m0/s1. The monoisotopic (exact) mass is 501 g/mol. The van der Waals surface area contributed by atoms with Gasteiger partial charge in [-0.05, 0) is 55.0 Å². The van der Waals surface area contributed by atoms with Crippen LogP contribution in [0, 0.1) is 5.41 Å². The Morgan fingerprint density at radius 2 is 1.97 bits per heavy atom. The van der Waals surface area contributed by atoms with Crippen molar-refractivity contribution in [1.29, 1.82) is 0 Å². The molecule has 0 unspecified atom stereocenters. The van der Waals surface area contributed by atoms with Crippen molar-refractivity contribution in [3.63, 3.8) is 0 Å². The van der Waals surface area contributed by atoms with Gasteiger partial charge in [-0.2, -0.15) is 0 Å². The van der Waals surface area contributed by atoms with Gasteiger partial charge in [-0.3, -0.25) is 4.79 Å². The maximum atomic E-state index is 12.7. The normalized spacial score (nSPS) is 27.1. The number of fused-ring (bicyclic) bond motifs is 2. The van der Waals surface area contributed by atoms with Gasteiger partial charge in [0.1, 0.15) is 6.10 Å². The van der Waals surface area contributed by atoms with E-state index in [-0.39, 0.29) is 33.7 Å². The number of nitrogens with zero attached hydrogens (tertiary/aromatic N) is 1. The van der Waals surface area contributed by atoms with E-state index in [2.05, 4.69) is 31.8 Å². The van der Waals surface area contributed by atoms with Crippen LogP contribution in [0.5, 0.6) is 0 Å². The molecule has 2 heterocycles. The maximum absolute atomic E-state index is 12.7. The van der Waals surface area contributed by atoms with Crippen molar-refractivity contribution >= 4 is 37.4 Å². The van der Waals surface area contributed by atoms with Crippen LogP contribution < -0.4 is 0 Å². The quantitative estimate of drug-likeness (QED) is 0.299. The van der Waals surface area contributed by atoms with Crippen LogP contribution in [0.2, 0.25) is 0 Å². The van der Waals surface area contributed by atoms with Gasteiger partial charge in [0.05, 0.1) is 27.7 Å². The summed E-state index contributed by atoms with van der Waals surface area (Å²) in [6.45, 7) is 9.79. The number of ether oxygens (including phenoxy) is 2. The summed E-state index contributed by atoms with van der Waals surface area (Å²) in [6.07, 6.45) is 8.47. The topological polar surface area (TPSA) is 82.6 Å². The average Bonchev–Trinajstić information content (AvgIpc) is 3.32. The number of sulfone groups is 1. The molecule has 1 aliphatic heterocycles. The molecule has 0 radical (unpaired) electrons. The number of esters is 1. The minimum absolute atomic E-state index is 0.113. The maximum Gasteiger partial charge on any atom is 0.302 e. The molecule has 182 valence electrons. The molecule has 8 heteroatoms. The molecule has 1 saturated carbocycles. The molecule has 1 aliphatic carbocycles. The van der Waals surface area contributed by atoms with Crippen molar-refractivity contribution in [3.05, 3.63) is 59.7 Å². The lowest BCUT2D eigenvalue weighted by atomic mass is 9.65. The Labute approximate surface area is 205 Å². The molecular weight excluding hydrogens is 470 g/mol. The van der Waals surface area contributed by atoms with Crippen LogP contribution in [-0.2, 0) is 24.1 Å². The highest BCUT2D eigenvalue weighted by Crippen LogP contribution is 2.52. The molecule has 0 bridgehead atoms. The Balaban J connectivity index is 1.44. The summed E-state index contributed by atoms with van der Waals surface area (Å²) >= 11 is 1.20. The Morgan fingerprint density at radius 3 is 2.68 bits per heavy atom. The molecule has 0 spiro atoms. The van der Waals surface area contributed by atoms with Crippen LogP contribution in [0.25, 0.3) is 10.2 Å². The SMILES string of the molecule is CC(=O)O[C@H]1CC(C)(C)C2=C[C@H](/C(C)=C/C=C/CS(=O)(=O)c3nc4ccccc4s3)O[C@]2(C)C1.